The number of carbonyl (C=O) groups excluding carboxylic acids is 1. The Bertz CT molecular complexity index is 882. The van der Waals surface area contributed by atoms with Gasteiger partial charge in [-0.2, -0.15) is 0 Å². The lowest BCUT2D eigenvalue weighted by atomic mass is 10.2. The van der Waals surface area contributed by atoms with Crippen LogP contribution >= 0.6 is 39.3 Å². The molecule has 25 heavy (non-hydrogen) atoms. The van der Waals surface area contributed by atoms with Crippen molar-refractivity contribution < 1.29 is 9.53 Å². The molecule has 0 atom stereocenters. The number of esters is 1. The summed E-state index contributed by atoms with van der Waals surface area (Å²) in [5, 5.41) is 9.81. The van der Waals surface area contributed by atoms with Gasteiger partial charge in [-0.3, -0.25) is 9.36 Å². The zero-order chi connectivity index (χ0) is 17.8. The standard InChI is InChI=1S/C17H13BrClN3O2S/c1-24-15(23)10-25-17-21-20-16(11-2-6-13(19)7-3-11)22(17)14-8-4-12(18)5-9-14/h2-9H,10H2,1H3. The minimum absolute atomic E-state index is 0.159. The highest BCUT2D eigenvalue weighted by molar-refractivity contribution is 9.10. The lowest BCUT2D eigenvalue weighted by Crippen LogP contribution is -2.05. The van der Waals surface area contributed by atoms with E-state index in [1.807, 2.05) is 41.0 Å². The highest BCUT2D eigenvalue weighted by Crippen LogP contribution is 2.29. The first kappa shape index (κ1) is 18.0. The Hall–Kier alpha value is -1.83. The zero-order valence-corrected chi connectivity index (χ0v) is 16.3. The van der Waals surface area contributed by atoms with Crippen LogP contribution in [0.2, 0.25) is 5.02 Å². The van der Waals surface area contributed by atoms with Gasteiger partial charge in [0.1, 0.15) is 0 Å². The molecule has 5 nitrogen and oxygen atoms in total. The molecule has 0 saturated carbocycles. The molecule has 2 aromatic carbocycles. The molecule has 3 aromatic rings. The normalized spacial score (nSPS) is 10.7. The van der Waals surface area contributed by atoms with Crippen LogP contribution in [0.3, 0.4) is 0 Å². The van der Waals surface area contributed by atoms with E-state index in [2.05, 4.69) is 26.1 Å². The van der Waals surface area contributed by atoms with Crippen LogP contribution in [0.4, 0.5) is 0 Å². The van der Waals surface area contributed by atoms with Gasteiger partial charge in [0.2, 0.25) is 0 Å². The Kier molecular flexibility index (Phi) is 5.78. The largest absolute Gasteiger partial charge is 0.468 e. The maximum absolute atomic E-state index is 11.5. The lowest BCUT2D eigenvalue weighted by molar-refractivity contribution is -0.137. The summed E-state index contributed by atoms with van der Waals surface area (Å²) in [6.07, 6.45) is 0. The number of aromatic nitrogens is 3. The topological polar surface area (TPSA) is 57.0 Å². The number of thioether (sulfide) groups is 1. The Morgan fingerprint density at radius 1 is 1.16 bits per heavy atom. The predicted molar refractivity (Wildman–Crippen MR) is 102 cm³/mol. The third-order valence-corrected chi connectivity index (χ3v) is 5.05. The highest BCUT2D eigenvalue weighted by atomic mass is 79.9. The van der Waals surface area contributed by atoms with Gasteiger partial charge in [0.25, 0.3) is 0 Å². The Morgan fingerprint density at radius 3 is 2.48 bits per heavy atom. The molecule has 0 N–H and O–H groups in total. The van der Waals surface area contributed by atoms with Gasteiger partial charge in [-0.25, -0.2) is 0 Å². The van der Waals surface area contributed by atoms with Crippen LogP contribution in [0.15, 0.2) is 58.2 Å². The molecular weight excluding hydrogens is 426 g/mol. The molecule has 0 spiro atoms. The van der Waals surface area contributed by atoms with Crippen molar-refractivity contribution in [1.29, 1.82) is 0 Å². The van der Waals surface area contributed by atoms with Crippen LogP contribution in [-0.4, -0.2) is 33.6 Å². The molecule has 0 aliphatic carbocycles. The van der Waals surface area contributed by atoms with Gasteiger partial charge >= 0.3 is 5.97 Å². The fourth-order valence-electron chi connectivity index (χ4n) is 2.15. The number of benzene rings is 2. The highest BCUT2D eigenvalue weighted by Gasteiger charge is 2.17. The summed E-state index contributed by atoms with van der Waals surface area (Å²) >= 11 is 10.7. The van der Waals surface area contributed by atoms with E-state index in [-0.39, 0.29) is 11.7 Å². The number of methoxy groups -OCH3 is 1. The number of rotatable bonds is 5. The van der Waals surface area contributed by atoms with Crippen LogP contribution in [0.25, 0.3) is 17.1 Å². The van der Waals surface area contributed by atoms with E-state index in [1.165, 1.54) is 18.9 Å². The van der Waals surface area contributed by atoms with Crippen molar-refractivity contribution in [2.45, 2.75) is 5.16 Å². The number of hydrogen-bond acceptors (Lipinski definition) is 5. The van der Waals surface area contributed by atoms with Crippen molar-refractivity contribution in [3.63, 3.8) is 0 Å². The first-order chi connectivity index (χ1) is 12.1. The van der Waals surface area contributed by atoms with Crippen LogP contribution in [0, 0.1) is 0 Å². The van der Waals surface area contributed by atoms with Crippen molar-refractivity contribution in [2.75, 3.05) is 12.9 Å². The smallest absolute Gasteiger partial charge is 0.316 e. The number of carbonyl (C=O) groups is 1. The Balaban J connectivity index is 2.05. The number of hydrogen-bond donors (Lipinski definition) is 0. The summed E-state index contributed by atoms with van der Waals surface area (Å²) in [7, 11) is 1.36. The van der Waals surface area contributed by atoms with Crippen molar-refractivity contribution >= 4 is 45.3 Å². The predicted octanol–water partition coefficient (Wildman–Crippen LogP) is 4.62. The monoisotopic (exact) mass is 437 g/mol. The van der Waals surface area contributed by atoms with Gasteiger partial charge in [0.05, 0.1) is 12.9 Å². The SMILES string of the molecule is COC(=O)CSc1nnc(-c2ccc(Cl)cc2)n1-c1ccc(Br)cc1. The Morgan fingerprint density at radius 2 is 1.84 bits per heavy atom. The van der Waals surface area contributed by atoms with E-state index in [0.717, 1.165) is 15.7 Å². The summed E-state index contributed by atoms with van der Waals surface area (Å²) in [4.78, 5) is 11.5. The van der Waals surface area contributed by atoms with Gasteiger partial charge in [0, 0.05) is 20.7 Å². The molecule has 0 radical (unpaired) electrons. The molecule has 0 aliphatic rings. The number of nitrogens with zero attached hydrogens (tertiary/aromatic N) is 3. The quantitative estimate of drug-likeness (QED) is 0.430. The molecule has 0 aliphatic heterocycles. The molecule has 3 rings (SSSR count). The molecule has 8 heteroatoms. The van der Waals surface area contributed by atoms with Crippen molar-refractivity contribution in [1.82, 2.24) is 14.8 Å². The summed E-state index contributed by atoms with van der Waals surface area (Å²) < 4.78 is 7.58. The van der Waals surface area contributed by atoms with Crippen LogP contribution in [-0.2, 0) is 9.53 Å². The maximum atomic E-state index is 11.5. The summed E-state index contributed by atoms with van der Waals surface area (Å²) in [6, 6.07) is 15.2. The molecule has 0 bridgehead atoms. The number of halogens is 2. The first-order valence-corrected chi connectivity index (χ1v) is 9.41. The summed E-state index contributed by atoms with van der Waals surface area (Å²) in [5.41, 5.74) is 1.77. The minimum Gasteiger partial charge on any atom is -0.468 e. The van der Waals surface area contributed by atoms with Crippen LogP contribution in [0.1, 0.15) is 0 Å². The van der Waals surface area contributed by atoms with Gasteiger partial charge in [-0.15, -0.1) is 10.2 Å². The van der Waals surface area contributed by atoms with Crippen LogP contribution < -0.4 is 0 Å². The first-order valence-electron chi connectivity index (χ1n) is 7.25. The van der Waals surface area contributed by atoms with Gasteiger partial charge in [0.15, 0.2) is 11.0 Å². The van der Waals surface area contributed by atoms with Gasteiger partial charge in [-0.05, 0) is 48.5 Å². The van der Waals surface area contributed by atoms with E-state index >= 15 is 0 Å². The van der Waals surface area contributed by atoms with E-state index in [9.17, 15) is 4.79 Å². The van der Waals surface area contributed by atoms with E-state index in [0.29, 0.717) is 16.0 Å². The van der Waals surface area contributed by atoms with Crippen LogP contribution in [0.5, 0.6) is 0 Å². The fourth-order valence-corrected chi connectivity index (χ4v) is 3.33. The van der Waals surface area contributed by atoms with Crippen molar-refractivity contribution in [3.8, 4) is 17.1 Å². The average Bonchev–Trinajstić information content (AvgIpc) is 3.05. The zero-order valence-electron chi connectivity index (χ0n) is 13.1. The molecule has 0 unspecified atom stereocenters. The minimum atomic E-state index is -0.316. The number of ether oxygens (including phenoxy) is 1. The second-order valence-corrected chi connectivity index (χ2v) is 7.28. The van der Waals surface area contributed by atoms with E-state index in [1.54, 1.807) is 12.1 Å². The summed E-state index contributed by atoms with van der Waals surface area (Å²) in [6.45, 7) is 0. The summed E-state index contributed by atoms with van der Waals surface area (Å²) in [5.74, 6) is 0.515. The third kappa shape index (κ3) is 4.23. The van der Waals surface area contributed by atoms with Gasteiger partial charge in [-0.1, -0.05) is 39.3 Å². The second kappa shape index (κ2) is 8.03. The maximum Gasteiger partial charge on any atom is 0.316 e. The molecule has 128 valence electrons. The molecule has 0 fully saturated rings. The van der Waals surface area contributed by atoms with E-state index < -0.39 is 0 Å². The molecule has 1 aromatic heterocycles. The van der Waals surface area contributed by atoms with Crippen molar-refractivity contribution in [3.05, 3.63) is 58.0 Å². The lowest BCUT2D eigenvalue weighted by Gasteiger charge is -2.10. The molecule has 0 amide bonds. The molecule has 0 saturated heterocycles. The van der Waals surface area contributed by atoms with Crippen molar-refractivity contribution in [2.24, 2.45) is 0 Å². The fraction of sp³-hybridized carbons (Fsp3) is 0.118. The van der Waals surface area contributed by atoms with Gasteiger partial charge < -0.3 is 4.74 Å². The second-order valence-electron chi connectivity index (χ2n) is 4.99. The Labute approximate surface area is 162 Å². The molecule has 1 heterocycles. The third-order valence-electron chi connectivity index (χ3n) is 3.37. The average molecular weight is 439 g/mol. The van der Waals surface area contributed by atoms with E-state index in [4.69, 9.17) is 16.3 Å². The molecular formula is C17H13BrClN3O2S.